The van der Waals surface area contributed by atoms with Crippen LogP contribution in [0.15, 0.2) is 42.5 Å². The van der Waals surface area contributed by atoms with Crippen LogP contribution in [0.25, 0.3) is 11.1 Å². The maximum Gasteiger partial charge on any atom is 0.405 e. The molecule has 1 N–H and O–H groups in total. The first-order chi connectivity index (χ1) is 10.6. The number of benzene rings is 2. The van der Waals surface area contributed by atoms with Crippen LogP contribution < -0.4 is 21.2 Å². The highest BCUT2D eigenvalue weighted by atomic mass is 127. The third-order valence-corrected chi connectivity index (χ3v) is 6.57. The minimum absolute atomic E-state index is 0.00155. The van der Waals surface area contributed by atoms with Gasteiger partial charge >= 0.3 is 27.4 Å². The maximum absolute atomic E-state index is 11.0. The number of alkyl halides is 3. The molecule has 0 atom stereocenters. The van der Waals surface area contributed by atoms with Crippen molar-refractivity contribution in [3.05, 3.63) is 54.6 Å². The Morgan fingerprint density at radius 2 is 1.65 bits per heavy atom. The molecule has 9 heteroatoms. The highest BCUT2D eigenvalue weighted by Gasteiger charge is 2.34. The summed E-state index contributed by atoms with van der Waals surface area (Å²) in [6, 6.07) is 14.9. The van der Waals surface area contributed by atoms with Crippen molar-refractivity contribution in [2.75, 3.05) is 5.75 Å². The van der Waals surface area contributed by atoms with Crippen LogP contribution in [0.5, 0.6) is 0 Å². The van der Waals surface area contributed by atoms with Gasteiger partial charge < -0.3 is 0 Å². The van der Waals surface area contributed by atoms with Crippen molar-refractivity contribution >= 4 is 21.7 Å². The van der Waals surface area contributed by atoms with E-state index in [4.69, 9.17) is 16.2 Å². The predicted octanol–water partition coefficient (Wildman–Crippen LogP) is 0.885. The lowest BCUT2D eigenvalue weighted by Gasteiger charge is -2.00. The monoisotopic (exact) mass is 477 g/mol. The van der Waals surface area contributed by atoms with E-state index < -0.39 is 22.0 Å². The fourth-order valence-corrected chi connectivity index (χ4v) is 5.66. The number of hydrogen-bond donors (Lipinski definition) is 1. The molecule has 0 aliphatic carbocycles. The fourth-order valence-electron chi connectivity index (χ4n) is 1.86. The molecular weight excluding hydrogens is 468 g/mol. The van der Waals surface area contributed by atoms with Crippen LogP contribution >= 0.6 is 11.6 Å². The van der Waals surface area contributed by atoms with Gasteiger partial charge in [0.2, 0.25) is 7.14 Å². The minimum Gasteiger partial charge on any atom is -0.285 e. The molecule has 3 rings (SSSR count). The normalized spacial score (nSPS) is 12.9. The summed E-state index contributed by atoms with van der Waals surface area (Å²) in [5.74, 6) is -2.18. The molecule has 0 unspecified atom stereocenters. The van der Waals surface area contributed by atoms with Crippen molar-refractivity contribution < 1.29 is 47.3 Å². The first-order valence-electron chi connectivity index (χ1n) is 6.11. The molecule has 0 fully saturated rings. The molecular formula is C14H10ClF3IO3S+. The van der Waals surface area contributed by atoms with Crippen LogP contribution in [0.2, 0.25) is 5.02 Å². The van der Waals surface area contributed by atoms with Crippen LogP contribution in [-0.2, 0) is 10.1 Å². The molecule has 1 aliphatic heterocycles. The van der Waals surface area contributed by atoms with Crippen LogP contribution in [0, 0.1) is 7.14 Å². The van der Waals surface area contributed by atoms with Gasteiger partial charge in [-0.1, -0.05) is 23.7 Å². The average Bonchev–Trinajstić information content (AvgIpc) is 2.72. The maximum atomic E-state index is 11.0. The summed E-state index contributed by atoms with van der Waals surface area (Å²) in [6.45, 7) is 0. The van der Waals surface area contributed by atoms with Gasteiger partial charge in [-0.3, -0.25) is 4.55 Å². The van der Waals surface area contributed by atoms with E-state index in [1.807, 2.05) is 6.07 Å². The molecule has 23 heavy (non-hydrogen) atoms. The largest absolute Gasteiger partial charge is 0.405 e. The molecule has 0 aromatic heterocycles. The second-order valence-corrected chi connectivity index (χ2v) is 9.29. The van der Waals surface area contributed by atoms with E-state index >= 15 is 0 Å². The SMILES string of the molecule is Clc1ccc2c(c1)[I+]c1ccccc1-2.O=S(=O)(O)CC(F)(F)F. The number of hydrogen-bond acceptors (Lipinski definition) is 2. The van der Waals surface area contributed by atoms with Gasteiger partial charge in [-0.15, -0.1) is 0 Å². The first kappa shape index (κ1) is 18.5. The molecule has 0 bridgehead atoms. The second-order valence-electron chi connectivity index (χ2n) is 4.54. The van der Waals surface area contributed by atoms with E-state index in [0.717, 1.165) is 5.02 Å². The predicted molar refractivity (Wildman–Crippen MR) is 76.8 cm³/mol. The summed E-state index contributed by atoms with van der Waals surface area (Å²) in [4.78, 5) is 0. The Labute approximate surface area is 146 Å². The van der Waals surface area contributed by atoms with E-state index in [1.54, 1.807) is 0 Å². The third-order valence-electron chi connectivity index (χ3n) is 2.64. The van der Waals surface area contributed by atoms with E-state index in [-0.39, 0.29) is 21.2 Å². The Hall–Kier alpha value is -0.840. The van der Waals surface area contributed by atoms with Crippen molar-refractivity contribution in [1.82, 2.24) is 0 Å². The summed E-state index contributed by atoms with van der Waals surface area (Å²) in [5, 5.41) is 0.858. The van der Waals surface area contributed by atoms with E-state index in [9.17, 15) is 21.6 Å². The Morgan fingerprint density at radius 1 is 1.04 bits per heavy atom. The quantitative estimate of drug-likeness (QED) is 0.418. The van der Waals surface area contributed by atoms with Crippen LogP contribution in [-0.4, -0.2) is 24.9 Å². The van der Waals surface area contributed by atoms with Crippen LogP contribution in [0.1, 0.15) is 0 Å². The summed E-state index contributed by atoms with van der Waals surface area (Å²) in [7, 11) is -4.91. The van der Waals surface area contributed by atoms with E-state index in [0.29, 0.717) is 0 Å². The van der Waals surface area contributed by atoms with Gasteiger partial charge in [-0.2, -0.15) is 21.6 Å². The van der Waals surface area contributed by atoms with E-state index in [1.165, 1.54) is 18.3 Å². The van der Waals surface area contributed by atoms with Gasteiger partial charge in [0, 0.05) is 22.2 Å². The highest BCUT2D eigenvalue weighted by Crippen LogP contribution is 2.24. The van der Waals surface area contributed by atoms with Gasteiger partial charge in [0.15, 0.2) is 5.75 Å². The van der Waals surface area contributed by atoms with Crippen LogP contribution in [0.3, 0.4) is 0 Å². The lowest BCUT2D eigenvalue weighted by Crippen LogP contribution is -3.61. The molecule has 0 amide bonds. The van der Waals surface area contributed by atoms with E-state index in [2.05, 4.69) is 36.4 Å². The smallest absolute Gasteiger partial charge is 0.285 e. The zero-order chi connectivity index (χ0) is 17.3. The molecule has 0 radical (unpaired) electrons. The van der Waals surface area contributed by atoms with Crippen molar-refractivity contribution in [2.24, 2.45) is 0 Å². The van der Waals surface area contributed by atoms with Gasteiger partial charge in [-0.25, -0.2) is 0 Å². The second kappa shape index (κ2) is 6.96. The lowest BCUT2D eigenvalue weighted by molar-refractivity contribution is -0.589. The fraction of sp³-hybridized carbons (Fsp3) is 0.143. The molecule has 2 aromatic rings. The molecule has 2 aromatic carbocycles. The molecule has 124 valence electrons. The third kappa shape index (κ3) is 5.63. The lowest BCUT2D eigenvalue weighted by atomic mass is 10.1. The topological polar surface area (TPSA) is 54.4 Å². The summed E-state index contributed by atoms with van der Waals surface area (Å²) in [5.41, 5.74) is 2.80. The molecule has 3 nitrogen and oxygen atoms in total. The average molecular weight is 478 g/mol. The molecule has 0 saturated heterocycles. The Morgan fingerprint density at radius 3 is 2.22 bits per heavy atom. The van der Waals surface area contributed by atoms with Crippen molar-refractivity contribution in [1.29, 1.82) is 0 Å². The molecule has 0 spiro atoms. The molecule has 1 aliphatic rings. The van der Waals surface area contributed by atoms with Crippen molar-refractivity contribution in [3.8, 4) is 11.1 Å². The zero-order valence-corrected chi connectivity index (χ0v) is 15.0. The van der Waals surface area contributed by atoms with Crippen LogP contribution in [0.4, 0.5) is 13.2 Å². The minimum atomic E-state index is -4.91. The van der Waals surface area contributed by atoms with Crippen molar-refractivity contribution in [2.45, 2.75) is 6.18 Å². The Kier molecular flexibility index (Phi) is 5.59. The highest BCUT2D eigenvalue weighted by molar-refractivity contribution is 7.85. The summed E-state index contributed by atoms with van der Waals surface area (Å²) in [6.07, 6.45) is -4.85. The van der Waals surface area contributed by atoms with Gasteiger partial charge in [-0.05, 0) is 24.3 Å². The zero-order valence-electron chi connectivity index (χ0n) is 11.3. The first-order valence-corrected chi connectivity index (χ1v) is 10.3. The van der Waals surface area contributed by atoms with Gasteiger partial charge in [0.05, 0.1) is 0 Å². The van der Waals surface area contributed by atoms with Crippen molar-refractivity contribution in [3.63, 3.8) is 0 Å². The number of halogens is 5. The Bertz CT molecular complexity index is 822. The molecule has 1 heterocycles. The summed E-state index contributed by atoms with van der Waals surface area (Å²) >= 11 is 5.99. The Balaban J connectivity index is 0.000000188. The summed E-state index contributed by atoms with van der Waals surface area (Å²) < 4.78 is 62.6. The number of rotatable bonds is 1. The number of fused-ring (bicyclic) bond motifs is 3. The van der Waals surface area contributed by atoms with Gasteiger partial charge in [0.1, 0.15) is 0 Å². The van der Waals surface area contributed by atoms with Gasteiger partial charge in [0.25, 0.3) is 10.1 Å². The standard InChI is InChI=1S/C12H7ClI.C2H3F3O3S/c13-8-5-6-10-9-3-1-2-4-11(9)14-12(10)7-8;3-2(4,5)1-9(6,7)8/h1-7H;1H2,(H,6,7,8)/q+1;. The molecule has 0 saturated carbocycles.